The Hall–Kier alpha value is -3.67. The van der Waals surface area contributed by atoms with Gasteiger partial charge in [-0.05, 0) is 54.7 Å². The molecule has 1 atom stereocenters. The highest BCUT2D eigenvalue weighted by Gasteiger charge is 2.44. The zero-order valence-corrected chi connectivity index (χ0v) is 20.2. The van der Waals surface area contributed by atoms with E-state index in [1.807, 2.05) is 41.4 Å². The number of alkyl halides is 3. The van der Waals surface area contributed by atoms with E-state index in [4.69, 9.17) is 4.98 Å². The molecule has 1 amide bonds. The minimum Gasteiger partial charge on any atom is -0.352 e. The Kier molecular flexibility index (Phi) is 5.78. The number of carbonyl (C=O) groups excluding carboxylic acids is 1. The number of aromatic nitrogens is 2. The summed E-state index contributed by atoms with van der Waals surface area (Å²) in [5.41, 5.74) is 3.35. The number of fused-ring (bicyclic) bond motifs is 1. The number of nitrogens with zero attached hydrogens (tertiary/aromatic N) is 5. The minimum absolute atomic E-state index is 0.192. The number of nitriles is 1. The third kappa shape index (κ3) is 4.73. The molecule has 1 unspecified atom stereocenters. The summed E-state index contributed by atoms with van der Waals surface area (Å²) >= 11 is 0. The summed E-state index contributed by atoms with van der Waals surface area (Å²) < 4.78 is 38.8. The van der Waals surface area contributed by atoms with Gasteiger partial charge in [-0.1, -0.05) is 18.2 Å². The van der Waals surface area contributed by atoms with Crippen LogP contribution in [0.1, 0.15) is 49.3 Å². The fourth-order valence-corrected chi connectivity index (χ4v) is 5.55. The number of hydrogen-bond donors (Lipinski definition) is 0. The molecule has 190 valence electrons. The highest BCUT2D eigenvalue weighted by molar-refractivity contribution is 5.97. The van der Waals surface area contributed by atoms with Crippen molar-refractivity contribution in [1.29, 1.82) is 5.26 Å². The van der Waals surface area contributed by atoms with Gasteiger partial charge in [-0.3, -0.25) is 9.78 Å². The summed E-state index contributed by atoms with van der Waals surface area (Å²) in [5.74, 6) is 0.213. The average molecular weight is 506 g/mol. The second kappa shape index (κ2) is 9.02. The monoisotopic (exact) mass is 505 g/mol. The van der Waals surface area contributed by atoms with Crippen LogP contribution in [0.4, 0.5) is 19.0 Å². The molecule has 1 aliphatic heterocycles. The predicted octanol–water partition coefficient (Wildman–Crippen LogP) is 5.43. The van der Waals surface area contributed by atoms with E-state index in [9.17, 15) is 23.2 Å². The van der Waals surface area contributed by atoms with E-state index in [1.54, 1.807) is 6.20 Å². The van der Waals surface area contributed by atoms with Crippen molar-refractivity contribution in [3.63, 3.8) is 0 Å². The Morgan fingerprint density at radius 2 is 1.92 bits per heavy atom. The first-order valence-electron chi connectivity index (χ1n) is 12.7. The summed E-state index contributed by atoms with van der Waals surface area (Å²) in [7, 11) is 0. The molecule has 1 saturated heterocycles. The van der Waals surface area contributed by atoms with Gasteiger partial charge in [0.05, 0.1) is 17.3 Å². The van der Waals surface area contributed by atoms with Crippen molar-refractivity contribution >= 4 is 22.5 Å². The second-order valence-electron chi connectivity index (χ2n) is 10.3. The van der Waals surface area contributed by atoms with E-state index in [0.717, 1.165) is 53.3 Å². The number of amides is 1. The van der Waals surface area contributed by atoms with Gasteiger partial charge in [0, 0.05) is 48.9 Å². The molecular weight excluding hydrogens is 479 g/mol. The zero-order chi connectivity index (χ0) is 25.7. The number of rotatable bonds is 5. The number of piperazine rings is 1. The third-order valence-corrected chi connectivity index (χ3v) is 7.64. The molecule has 2 aromatic heterocycles. The van der Waals surface area contributed by atoms with Gasteiger partial charge < -0.3 is 9.80 Å². The second-order valence-corrected chi connectivity index (χ2v) is 10.3. The smallest absolute Gasteiger partial charge is 0.352 e. The Labute approximate surface area is 212 Å². The molecule has 1 aromatic carbocycles. The van der Waals surface area contributed by atoms with Crippen molar-refractivity contribution in [3.05, 3.63) is 54.0 Å². The van der Waals surface area contributed by atoms with Crippen LogP contribution in [-0.4, -0.2) is 52.6 Å². The van der Waals surface area contributed by atoms with E-state index in [1.165, 1.54) is 4.90 Å². The van der Waals surface area contributed by atoms with Crippen molar-refractivity contribution in [2.45, 2.75) is 50.2 Å². The van der Waals surface area contributed by atoms with Gasteiger partial charge in [0.1, 0.15) is 18.3 Å². The Bertz CT molecular complexity index is 1400. The molecule has 0 bridgehead atoms. The molecule has 2 aliphatic carbocycles. The van der Waals surface area contributed by atoms with Gasteiger partial charge in [0.15, 0.2) is 0 Å². The molecule has 2 saturated carbocycles. The van der Waals surface area contributed by atoms with E-state index < -0.39 is 18.5 Å². The zero-order valence-electron chi connectivity index (χ0n) is 20.2. The van der Waals surface area contributed by atoms with Crippen LogP contribution in [0.15, 0.2) is 42.7 Å². The van der Waals surface area contributed by atoms with E-state index in [-0.39, 0.29) is 18.5 Å². The third-order valence-electron chi connectivity index (χ3n) is 7.64. The topological polar surface area (TPSA) is 73.1 Å². The number of halogens is 3. The van der Waals surface area contributed by atoms with Crippen LogP contribution in [-0.2, 0) is 4.79 Å². The lowest BCUT2D eigenvalue weighted by Crippen LogP contribution is -2.57. The first kappa shape index (κ1) is 23.7. The molecule has 6 nitrogen and oxygen atoms in total. The maximum Gasteiger partial charge on any atom is 0.397 e. The van der Waals surface area contributed by atoms with Crippen molar-refractivity contribution in [1.82, 2.24) is 14.9 Å². The van der Waals surface area contributed by atoms with Crippen LogP contribution in [0, 0.1) is 17.2 Å². The summed E-state index contributed by atoms with van der Waals surface area (Å²) in [5, 5.41) is 12.2. The largest absolute Gasteiger partial charge is 0.397 e. The SMILES string of the molecule is N#Cc1cc(-c2cccc3cnccc23)c(C2CC2)nc1N1CCN(C(=O)CC(F)(F)F)C(C2CC2)C1. The highest BCUT2D eigenvalue weighted by atomic mass is 19.4. The number of carbonyl (C=O) groups is 1. The predicted molar refractivity (Wildman–Crippen MR) is 133 cm³/mol. The fourth-order valence-electron chi connectivity index (χ4n) is 5.55. The number of hydrogen-bond acceptors (Lipinski definition) is 5. The van der Waals surface area contributed by atoms with Crippen molar-refractivity contribution in [2.75, 3.05) is 24.5 Å². The van der Waals surface area contributed by atoms with Crippen LogP contribution < -0.4 is 4.90 Å². The Morgan fingerprint density at radius 3 is 2.62 bits per heavy atom. The molecule has 6 rings (SSSR count). The van der Waals surface area contributed by atoms with Crippen molar-refractivity contribution in [2.24, 2.45) is 5.92 Å². The molecule has 37 heavy (non-hydrogen) atoms. The van der Waals surface area contributed by atoms with E-state index >= 15 is 0 Å². The van der Waals surface area contributed by atoms with Crippen LogP contribution in [0.3, 0.4) is 0 Å². The summed E-state index contributed by atoms with van der Waals surface area (Å²) in [4.78, 5) is 25.2. The number of benzene rings is 1. The molecular formula is C28H26F3N5O. The lowest BCUT2D eigenvalue weighted by atomic mass is 9.95. The number of anilines is 1. The molecule has 0 N–H and O–H groups in total. The van der Waals surface area contributed by atoms with Gasteiger partial charge in [0.25, 0.3) is 0 Å². The molecule has 3 aromatic rings. The first-order chi connectivity index (χ1) is 17.8. The van der Waals surface area contributed by atoms with E-state index in [0.29, 0.717) is 30.4 Å². The molecule has 3 fully saturated rings. The Morgan fingerprint density at radius 1 is 1.11 bits per heavy atom. The molecule has 3 heterocycles. The van der Waals surface area contributed by atoms with E-state index in [2.05, 4.69) is 11.1 Å². The molecule has 3 aliphatic rings. The molecule has 0 radical (unpaired) electrons. The first-order valence-corrected chi connectivity index (χ1v) is 12.7. The van der Waals surface area contributed by atoms with Gasteiger partial charge >= 0.3 is 6.18 Å². The van der Waals surface area contributed by atoms with Crippen LogP contribution >= 0.6 is 0 Å². The van der Waals surface area contributed by atoms with Gasteiger partial charge in [-0.15, -0.1) is 0 Å². The fraction of sp³-hybridized carbons (Fsp3) is 0.429. The van der Waals surface area contributed by atoms with Gasteiger partial charge in [-0.25, -0.2) is 4.98 Å². The lowest BCUT2D eigenvalue weighted by molar-refractivity contribution is -0.163. The average Bonchev–Trinajstić information content (AvgIpc) is 3.80. The van der Waals surface area contributed by atoms with Crippen LogP contribution in [0.25, 0.3) is 21.9 Å². The summed E-state index contributed by atoms with van der Waals surface area (Å²) in [6, 6.07) is 11.9. The lowest BCUT2D eigenvalue weighted by Gasteiger charge is -2.42. The van der Waals surface area contributed by atoms with Gasteiger partial charge in [0.2, 0.25) is 5.91 Å². The van der Waals surface area contributed by atoms with Crippen molar-refractivity contribution in [3.8, 4) is 17.2 Å². The highest BCUT2D eigenvalue weighted by Crippen LogP contribution is 2.46. The maximum absolute atomic E-state index is 12.9. The van der Waals surface area contributed by atoms with Crippen molar-refractivity contribution < 1.29 is 18.0 Å². The molecule has 0 spiro atoms. The normalized spacial score (nSPS) is 20.2. The quantitative estimate of drug-likeness (QED) is 0.463. The summed E-state index contributed by atoms with van der Waals surface area (Å²) in [6.45, 7) is 0.927. The minimum atomic E-state index is -4.52. The van der Waals surface area contributed by atoms with Gasteiger partial charge in [-0.2, -0.15) is 18.4 Å². The Balaban J connectivity index is 1.36. The molecule has 9 heteroatoms. The standard InChI is InChI=1S/C28H26F3N5O/c29-28(30,31)13-25(37)36-11-10-35(16-24(36)17-4-5-17)27-20(14-32)12-23(26(34-27)18-6-7-18)22-3-1-2-19-15-33-9-8-21(19)22/h1-3,8-9,12,15,17-18,24H,4-7,10-11,13,16H2. The van der Waals surface area contributed by atoms with Crippen LogP contribution in [0.2, 0.25) is 0 Å². The maximum atomic E-state index is 12.9. The summed E-state index contributed by atoms with van der Waals surface area (Å²) in [6.07, 6.45) is 1.48. The number of pyridine rings is 2. The van der Waals surface area contributed by atoms with Crippen LogP contribution in [0.5, 0.6) is 0 Å².